The van der Waals surface area contributed by atoms with E-state index in [-0.39, 0.29) is 5.97 Å². The molecular weight excluding hydrogens is 376 g/mol. The van der Waals surface area contributed by atoms with Gasteiger partial charge in [0.2, 0.25) is 0 Å². The number of allylic oxidation sites excluding steroid dienone is 1. The summed E-state index contributed by atoms with van der Waals surface area (Å²) in [6, 6.07) is 16.0. The molecule has 5 rings (SSSR count). The highest BCUT2D eigenvalue weighted by atomic mass is 16.5. The summed E-state index contributed by atoms with van der Waals surface area (Å²) < 4.78 is 7.10. The second-order valence-electron chi connectivity index (χ2n) is 7.24. The van der Waals surface area contributed by atoms with Gasteiger partial charge in [0.15, 0.2) is 0 Å². The van der Waals surface area contributed by atoms with Crippen LogP contribution in [0.1, 0.15) is 25.5 Å². The van der Waals surface area contributed by atoms with Crippen molar-refractivity contribution >= 4 is 22.6 Å². The van der Waals surface area contributed by atoms with Gasteiger partial charge in [-0.15, -0.1) is 0 Å². The van der Waals surface area contributed by atoms with E-state index >= 15 is 0 Å². The number of nitrogens with zero attached hydrogens (tertiary/aromatic N) is 4. The van der Waals surface area contributed by atoms with Crippen LogP contribution in [0.2, 0.25) is 0 Å². The molecule has 6 nitrogen and oxygen atoms in total. The predicted molar refractivity (Wildman–Crippen MR) is 115 cm³/mol. The molecule has 0 saturated heterocycles. The number of hydrogen-bond acceptors (Lipinski definition) is 5. The Morgan fingerprint density at radius 2 is 1.90 bits per heavy atom. The maximum atomic E-state index is 11.3. The Morgan fingerprint density at radius 1 is 1.03 bits per heavy atom. The van der Waals surface area contributed by atoms with Gasteiger partial charge in [-0.05, 0) is 49.1 Å². The number of benzene rings is 1. The first-order valence-corrected chi connectivity index (χ1v) is 9.96. The Labute approximate surface area is 173 Å². The van der Waals surface area contributed by atoms with Gasteiger partial charge in [-0.3, -0.25) is 14.8 Å². The van der Waals surface area contributed by atoms with Crippen LogP contribution in [0, 0.1) is 0 Å². The third-order valence-electron chi connectivity index (χ3n) is 5.29. The Hall–Kier alpha value is -3.80. The van der Waals surface area contributed by atoms with E-state index in [4.69, 9.17) is 9.84 Å². The number of esters is 1. The minimum Gasteiger partial charge on any atom is -0.433 e. The lowest BCUT2D eigenvalue weighted by Gasteiger charge is -2.18. The van der Waals surface area contributed by atoms with Crippen molar-refractivity contribution < 1.29 is 9.53 Å². The van der Waals surface area contributed by atoms with Crippen LogP contribution in [-0.2, 0) is 16.0 Å². The number of rotatable bonds is 3. The van der Waals surface area contributed by atoms with E-state index in [1.54, 1.807) is 6.20 Å². The molecule has 4 aromatic rings. The first-order valence-electron chi connectivity index (χ1n) is 9.96. The summed E-state index contributed by atoms with van der Waals surface area (Å²) in [6.07, 6.45) is 7.76. The van der Waals surface area contributed by atoms with Crippen molar-refractivity contribution in [2.75, 3.05) is 0 Å². The number of ether oxygens (including phenoxy) is 1. The summed E-state index contributed by atoms with van der Waals surface area (Å²) in [5.74, 6) is -0.341. The zero-order valence-electron chi connectivity index (χ0n) is 16.6. The van der Waals surface area contributed by atoms with E-state index < -0.39 is 0 Å². The molecule has 0 amide bonds. The summed E-state index contributed by atoms with van der Waals surface area (Å²) in [5, 5.41) is 6.01. The van der Waals surface area contributed by atoms with Gasteiger partial charge in [0.1, 0.15) is 12.0 Å². The van der Waals surface area contributed by atoms with Crippen molar-refractivity contribution in [1.82, 2.24) is 19.7 Å². The maximum Gasteiger partial charge on any atom is 0.307 e. The molecule has 1 aliphatic heterocycles. The summed E-state index contributed by atoms with van der Waals surface area (Å²) in [4.78, 5) is 20.4. The molecule has 0 radical (unpaired) electrons. The number of fused-ring (bicyclic) bond motifs is 2. The van der Waals surface area contributed by atoms with Gasteiger partial charge in [0.25, 0.3) is 0 Å². The number of pyridine rings is 2. The zero-order valence-corrected chi connectivity index (χ0v) is 16.6. The summed E-state index contributed by atoms with van der Waals surface area (Å²) in [6.45, 7) is 1.40. The molecule has 148 valence electrons. The number of aromatic nitrogens is 4. The molecule has 0 atom stereocenters. The van der Waals surface area contributed by atoms with E-state index in [0.717, 1.165) is 64.1 Å². The maximum absolute atomic E-state index is 11.3. The van der Waals surface area contributed by atoms with Gasteiger partial charge in [0, 0.05) is 30.3 Å². The van der Waals surface area contributed by atoms with Crippen LogP contribution in [0.15, 0.2) is 67.2 Å². The minimum absolute atomic E-state index is 0.341. The van der Waals surface area contributed by atoms with Crippen LogP contribution >= 0.6 is 0 Å². The molecule has 1 aliphatic rings. The third kappa shape index (κ3) is 3.16. The predicted octanol–water partition coefficient (Wildman–Crippen LogP) is 4.86. The number of para-hydroxylation sites is 1. The van der Waals surface area contributed by atoms with Crippen molar-refractivity contribution in [3.05, 3.63) is 72.9 Å². The molecule has 4 heterocycles. The molecular formula is C24H20N4O2. The highest BCUT2D eigenvalue weighted by Gasteiger charge is 2.26. The van der Waals surface area contributed by atoms with E-state index in [2.05, 4.69) is 16.0 Å². The van der Waals surface area contributed by atoms with Gasteiger partial charge in [-0.25, -0.2) is 4.68 Å². The normalized spacial score (nSPS) is 14.6. The summed E-state index contributed by atoms with van der Waals surface area (Å²) in [7, 11) is 0. The molecule has 6 heteroatoms. The molecule has 0 saturated carbocycles. The monoisotopic (exact) mass is 396 g/mol. The Balaban J connectivity index is 1.80. The van der Waals surface area contributed by atoms with Gasteiger partial charge >= 0.3 is 5.97 Å². The van der Waals surface area contributed by atoms with Crippen LogP contribution in [0.25, 0.3) is 39.1 Å². The van der Waals surface area contributed by atoms with E-state index in [9.17, 15) is 4.79 Å². The van der Waals surface area contributed by atoms with E-state index in [1.807, 2.05) is 53.3 Å². The second kappa shape index (κ2) is 7.55. The average Bonchev–Trinajstić information content (AvgIpc) is 3.18. The largest absolute Gasteiger partial charge is 0.433 e. The molecule has 0 unspecified atom stereocenters. The fraction of sp³-hybridized carbons (Fsp3) is 0.167. The second-order valence-corrected chi connectivity index (χ2v) is 7.24. The van der Waals surface area contributed by atoms with Crippen LogP contribution in [0.4, 0.5) is 0 Å². The van der Waals surface area contributed by atoms with Crippen LogP contribution in [-0.4, -0.2) is 25.7 Å². The highest BCUT2D eigenvalue weighted by molar-refractivity contribution is 5.98. The molecule has 0 aliphatic carbocycles. The van der Waals surface area contributed by atoms with E-state index in [0.29, 0.717) is 0 Å². The van der Waals surface area contributed by atoms with Gasteiger partial charge in [0.05, 0.1) is 22.6 Å². The smallest absolute Gasteiger partial charge is 0.307 e. The Bertz CT molecular complexity index is 1270. The lowest BCUT2D eigenvalue weighted by Crippen LogP contribution is -2.12. The summed E-state index contributed by atoms with van der Waals surface area (Å²) in [5.41, 5.74) is 6.66. The fourth-order valence-electron chi connectivity index (χ4n) is 4.00. The first-order chi connectivity index (χ1) is 14.7. The topological polar surface area (TPSA) is 69.9 Å². The van der Waals surface area contributed by atoms with Crippen LogP contribution in [0.5, 0.6) is 0 Å². The minimum atomic E-state index is -0.341. The Morgan fingerprint density at radius 3 is 2.73 bits per heavy atom. The van der Waals surface area contributed by atoms with Crippen molar-refractivity contribution in [1.29, 1.82) is 0 Å². The molecule has 0 fully saturated rings. The first kappa shape index (κ1) is 18.2. The lowest BCUT2D eigenvalue weighted by molar-refractivity contribution is -0.135. The fourth-order valence-corrected chi connectivity index (χ4v) is 4.00. The number of hydrogen-bond donors (Lipinski definition) is 0. The molecule has 1 aromatic carbocycles. The van der Waals surface area contributed by atoms with Crippen molar-refractivity contribution in [2.24, 2.45) is 0 Å². The third-order valence-corrected chi connectivity index (χ3v) is 5.29. The van der Waals surface area contributed by atoms with Crippen molar-refractivity contribution in [3.63, 3.8) is 0 Å². The van der Waals surface area contributed by atoms with Gasteiger partial charge in [-0.1, -0.05) is 24.3 Å². The molecule has 0 spiro atoms. The highest BCUT2D eigenvalue weighted by Crippen LogP contribution is 2.40. The zero-order chi connectivity index (χ0) is 20.5. The van der Waals surface area contributed by atoms with Gasteiger partial charge in [-0.2, -0.15) is 5.10 Å². The summed E-state index contributed by atoms with van der Waals surface area (Å²) >= 11 is 0. The number of carbonyl (C=O) groups excluding carboxylic acids is 1. The number of carbonyl (C=O) groups is 1. The van der Waals surface area contributed by atoms with Gasteiger partial charge < -0.3 is 4.74 Å². The van der Waals surface area contributed by atoms with E-state index in [1.165, 1.54) is 13.2 Å². The lowest BCUT2D eigenvalue weighted by atomic mass is 9.94. The van der Waals surface area contributed by atoms with Crippen LogP contribution in [0.3, 0.4) is 0 Å². The quantitative estimate of drug-likeness (QED) is 0.365. The molecule has 0 N–H and O–H groups in total. The molecule has 0 bridgehead atoms. The van der Waals surface area contributed by atoms with Crippen molar-refractivity contribution in [3.8, 4) is 22.5 Å². The van der Waals surface area contributed by atoms with Crippen LogP contribution < -0.4 is 0 Å². The average molecular weight is 396 g/mol. The van der Waals surface area contributed by atoms with Crippen molar-refractivity contribution in [2.45, 2.75) is 26.2 Å². The molecule has 30 heavy (non-hydrogen) atoms. The Kier molecular flexibility index (Phi) is 4.59. The standard InChI is InChI=1S/C24H20N4O2/c1-16(29)30-15-17-7-6-11-22-23(19-12-14-26-20-9-3-2-8-18(19)20)24(27-28(17)22)21-10-4-5-13-25-21/h2-5,8-10,12-15H,6-7,11H2,1H3/b17-15-. The molecule has 3 aromatic heterocycles. The SMILES string of the molecule is CC(=O)O/C=C1/CCCc2c(-c3ccnc4ccccc34)c(-c3ccccn3)nn21.